The van der Waals surface area contributed by atoms with Crippen LogP contribution in [0, 0.1) is 5.92 Å². The van der Waals surface area contributed by atoms with Crippen LogP contribution in [0.3, 0.4) is 0 Å². The van der Waals surface area contributed by atoms with E-state index in [-0.39, 0.29) is 11.9 Å². The maximum Gasteiger partial charge on any atom is 0.252 e. The number of carbonyl (C=O) groups is 1. The molecule has 1 aliphatic rings. The maximum atomic E-state index is 13.1. The number of rotatable bonds is 3. The fourth-order valence-corrected chi connectivity index (χ4v) is 4.38. The summed E-state index contributed by atoms with van der Waals surface area (Å²) in [5, 5.41) is 6.24. The molecule has 1 N–H and O–H groups in total. The van der Waals surface area contributed by atoms with Crippen LogP contribution in [0.4, 0.5) is 0 Å². The number of pyridine rings is 1. The summed E-state index contributed by atoms with van der Waals surface area (Å²) in [4.78, 5) is 18.9. The zero-order valence-electron chi connectivity index (χ0n) is 14.4. The molecule has 2 heterocycles. The van der Waals surface area contributed by atoms with Crippen molar-refractivity contribution in [3.63, 3.8) is 0 Å². The molecule has 1 aliphatic carbocycles. The highest BCUT2D eigenvalue weighted by Crippen LogP contribution is 2.29. The molecule has 25 heavy (non-hydrogen) atoms. The number of benzene rings is 1. The molecule has 4 heteroatoms. The SMILES string of the molecule is C[C@H]1CCCC[C@H]1NC(=O)c1cc(-c2cccs2)nc2ccccc12. The van der Waals surface area contributed by atoms with Crippen molar-refractivity contribution < 1.29 is 4.79 Å². The molecule has 0 spiro atoms. The van der Waals surface area contributed by atoms with Crippen molar-refractivity contribution >= 4 is 28.1 Å². The third kappa shape index (κ3) is 3.31. The topological polar surface area (TPSA) is 42.0 Å². The van der Waals surface area contributed by atoms with E-state index in [1.54, 1.807) is 11.3 Å². The lowest BCUT2D eigenvalue weighted by Crippen LogP contribution is -2.41. The van der Waals surface area contributed by atoms with Crippen LogP contribution >= 0.6 is 11.3 Å². The van der Waals surface area contributed by atoms with Crippen molar-refractivity contribution in [2.45, 2.75) is 38.6 Å². The number of carbonyl (C=O) groups excluding carboxylic acids is 1. The Balaban J connectivity index is 1.73. The van der Waals surface area contributed by atoms with Gasteiger partial charge in [-0.15, -0.1) is 11.3 Å². The zero-order valence-corrected chi connectivity index (χ0v) is 15.2. The molecule has 3 nitrogen and oxygen atoms in total. The molecule has 1 saturated carbocycles. The highest BCUT2D eigenvalue weighted by molar-refractivity contribution is 7.13. The van der Waals surface area contributed by atoms with Crippen LogP contribution in [0.1, 0.15) is 43.0 Å². The van der Waals surface area contributed by atoms with Gasteiger partial charge in [0.05, 0.1) is 21.7 Å². The first-order valence-corrected chi connectivity index (χ1v) is 9.85. The number of para-hydroxylation sites is 1. The molecule has 0 aliphatic heterocycles. The lowest BCUT2D eigenvalue weighted by atomic mass is 9.86. The highest BCUT2D eigenvalue weighted by atomic mass is 32.1. The molecular weight excluding hydrogens is 328 g/mol. The van der Waals surface area contributed by atoms with Crippen LogP contribution in [0.15, 0.2) is 47.8 Å². The van der Waals surface area contributed by atoms with Gasteiger partial charge in [0.25, 0.3) is 5.91 Å². The van der Waals surface area contributed by atoms with Crippen molar-refractivity contribution in [2.24, 2.45) is 5.92 Å². The van der Waals surface area contributed by atoms with E-state index < -0.39 is 0 Å². The van der Waals surface area contributed by atoms with Gasteiger partial charge in [-0.1, -0.05) is 44.0 Å². The number of aromatic nitrogens is 1. The number of hydrogen-bond donors (Lipinski definition) is 1. The Kier molecular flexibility index (Phi) is 4.53. The Hall–Kier alpha value is -2.20. The molecule has 2 atom stereocenters. The lowest BCUT2D eigenvalue weighted by molar-refractivity contribution is 0.0912. The molecule has 0 unspecified atom stereocenters. The minimum absolute atomic E-state index is 0.0233. The maximum absolute atomic E-state index is 13.1. The minimum Gasteiger partial charge on any atom is -0.349 e. The number of nitrogens with zero attached hydrogens (tertiary/aromatic N) is 1. The Morgan fingerprint density at radius 2 is 2.00 bits per heavy atom. The van der Waals surface area contributed by atoms with Crippen LogP contribution in [-0.4, -0.2) is 16.9 Å². The smallest absolute Gasteiger partial charge is 0.252 e. The third-order valence-corrected chi connectivity index (χ3v) is 6.05. The summed E-state index contributed by atoms with van der Waals surface area (Å²) in [7, 11) is 0. The van der Waals surface area contributed by atoms with E-state index in [4.69, 9.17) is 4.98 Å². The first kappa shape index (κ1) is 16.3. The highest BCUT2D eigenvalue weighted by Gasteiger charge is 2.24. The van der Waals surface area contributed by atoms with Gasteiger partial charge in [-0.05, 0) is 42.3 Å². The van der Waals surface area contributed by atoms with E-state index >= 15 is 0 Å². The van der Waals surface area contributed by atoms with Gasteiger partial charge < -0.3 is 5.32 Å². The molecule has 1 fully saturated rings. The fraction of sp³-hybridized carbons (Fsp3) is 0.333. The Morgan fingerprint density at radius 3 is 2.80 bits per heavy atom. The summed E-state index contributed by atoms with van der Waals surface area (Å²) in [5.41, 5.74) is 2.47. The monoisotopic (exact) mass is 350 g/mol. The van der Waals surface area contributed by atoms with Crippen molar-refractivity contribution in [1.82, 2.24) is 10.3 Å². The lowest BCUT2D eigenvalue weighted by Gasteiger charge is -2.29. The average molecular weight is 350 g/mol. The normalized spacial score (nSPS) is 20.5. The Bertz CT molecular complexity index is 888. The molecule has 0 saturated heterocycles. The number of thiophene rings is 1. The molecule has 1 amide bonds. The first-order valence-electron chi connectivity index (χ1n) is 8.97. The number of fused-ring (bicyclic) bond motifs is 1. The number of hydrogen-bond acceptors (Lipinski definition) is 3. The van der Waals surface area contributed by atoms with Crippen molar-refractivity contribution in [1.29, 1.82) is 0 Å². The van der Waals surface area contributed by atoms with Crippen LogP contribution in [0.25, 0.3) is 21.5 Å². The quantitative estimate of drug-likeness (QED) is 0.699. The van der Waals surface area contributed by atoms with Crippen LogP contribution < -0.4 is 5.32 Å². The van der Waals surface area contributed by atoms with Gasteiger partial charge in [-0.25, -0.2) is 4.98 Å². The van der Waals surface area contributed by atoms with Gasteiger partial charge in [0.1, 0.15) is 0 Å². The molecular formula is C21H22N2OS. The van der Waals surface area contributed by atoms with Crippen molar-refractivity contribution in [3.8, 4) is 10.6 Å². The fourth-order valence-electron chi connectivity index (χ4n) is 3.69. The van der Waals surface area contributed by atoms with E-state index in [1.807, 2.05) is 47.8 Å². The summed E-state index contributed by atoms with van der Waals surface area (Å²) in [6.45, 7) is 2.24. The van der Waals surface area contributed by atoms with E-state index in [2.05, 4.69) is 12.2 Å². The van der Waals surface area contributed by atoms with E-state index in [0.29, 0.717) is 5.92 Å². The molecule has 128 valence electrons. The van der Waals surface area contributed by atoms with Gasteiger partial charge in [0.2, 0.25) is 0 Å². The van der Waals surface area contributed by atoms with Gasteiger partial charge in [0, 0.05) is 11.4 Å². The van der Waals surface area contributed by atoms with Crippen LogP contribution in [0.5, 0.6) is 0 Å². The second-order valence-corrected chi connectivity index (χ2v) is 7.84. The molecule has 0 radical (unpaired) electrons. The largest absolute Gasteiger partial charge is 0.349 e. The standard InChI is InChI=1S/C21H22N2OS/c1-14-7-2-4-9-17(14)23-21(24)16-13-19(20-11-6-12-25-20)22-18-10-5-3-8-15(16)18/h3,5-6,8,10-14,17H,2,4,7,9H2,1H3,(H,23,24)/t14-,17+/m0/s1. The summed E-state index contributed by atoms with van der Waals surface area (Å²) >= 11 is 1.65. The zero-order chi connectivity index (χ0) is 17.2. The predicted octanol–water partition coefficient (Wildman–Crippen LogP) is 5.27. The van der Waals surface area contributed by atoms with Gasteiger partial charge >= 0.3 is 0 Å². The second-order valence-electron chi connectivity index (χ2n) is 6.89. The average Bonchev–Trinajstić information content (AvgIpc) is 3.17. The third-order valence-electron chi connectivity index (χ3n) is 5.16. The molecule has 4 rings (SSSR count). The van der Waals surface area contributed by atoms with Gasteiger partial charge in [0.15, 0.2) is 0 Å². The van der Waals surface area contributed by atoms with Crippen LogP contribution in [0.2, 0.25) is 0 Å². The number of amides is 1. The van der Waals surface area contributed by atoms with Crippen molar-refractivity contribution in [3.05, 3.63) is 53.4 Å². The minimum atomic E-state index is 0.0233. The first-order chi connectivity index (χ1) is 12.2. The summed E-state index contributed by atoms with van der Waals surface area (Å²) in [6, 6.07) is 14.2. The Morgan fingerprint density at radius 1 is 1.16 bits per heavy atom. The summed E-state index contributed by atoms with van der Waals surface area (Å²) in [5.74, 6) is 0.567. The number of nitrogens with one attached hydrogen (secondary N) is 1. The molecule has 2 aromatic heterocycles. The second kappa shape index (κ2) is 6.96. The van der Waals surface area contributed by atoms with Gasteiger partial charge in [-0.2, -0.15) is 0 Å². The van der Waals surface area contributed by atoms with Crippen molar-refractivity contribution in [2.75, 3.05) is 0 Å². The molecule has 1 aromatic carbocycles. The van der Waals surface area contributed by atoms with Gasteiger partial charge in [-0.3, -0.25) is 4.79 Å². The summed E-state index contributed by atoms with van der Waals surface area (Å²) in [6.07, 6.45) is 4.75. The molecule has 0 bridgehead atoms. The van der Waals surface area contributed by atoms with E-state index in [0.717, 1.165) is 33.5 Å². The van der Waals surface area contributed by atoms with E-state index in [1.165, 1.54) is 19.3 Å². The summed E-state index contributed by atoms with van der Waals surface area (Å²) < 4.78 is 0. The predicted molar refractivity (Wildman–Crippen MR) is 104 cm³/mol. The molecule has 3 aromatic rings. The Labute approximate surface area is 152 Å². The van der Waals surface area contributed by atoms with E-state index in [9.17, 15) is 4.79 Å². The van der Waals surface area contributed by atoms with Crippen LogP contribution in [-0.2, 0) is 0 Å².